The number of hydrogen-bond donors (Lipinski definition) is 1. The first-order chi connectivity index (χ1) is 7.88. The zero-order valence-electron chi connectivity index (χ0n) is 10.5. The van der Waals surface area contributed by atoms with Crippen LogP contribution in [0.4, 0.5) is 0 Å². The van der Waals surface area contributed by atoms with E-state index in [2.05, 4.69) is 0 Å². The maximum atomic E-state index is 9.97. The number of aliphatic hydroxyl groups excluding tert-OH is 1. The molecule has 0 aliphatic heterocycles. The molecule has 1 unspecified atom stereocenters. The summed E-state index contributed by atoms with van der Waals surface area (Å²) in [6.07, 6.45) is 15.6. The van der Waals surface area contributed by atoms with Crippen molar-refractivity contribution in [3.05, 3.63) is 11.1 Å². The zero-order valence-corrected chi connectivity index (χ0v) is 10.5. The fourth-order valence-corrected chi connectivity index (χ4v) is 3.22. The van der Waals surface area contributed by atoms with Crippen LogP contribution in [0.25, 0.3) is 0 Å². The highest BCUT2D eigenvalue weighted by Crippen LogP contribution is 2.34. The van der Waals surface area contributed by atoms with E-state index in [0.717, 1.165) is 6.42 Å². The molecule has 0 aromatic rings. The van der Waals surface area contributed by atoms with Crippen LogP contribution in [0.2, 0.25) is 0 Å². The van der Waals surface area contributed by atoms with E-state index in [0.29, 0.717) is 0 Å². The Kier molecular flexibility index (Phi) is 4.90. The first-order valence-electron chi connectivity index (χ1n) is 7.27. The second-order valence-electron chi connectivity index (χ2n) is 5.51. The van der Waals surface area contributed by atoms with Gasteiger partial charge in [-0.05, 0) is 44.1 Å². The average Bonchev–Trinajstić information content (AvgIpc) is 2.60. The summed E-state index contributed by atoms with van der Waals surface area (Å²) in [4.78, 5) is 0. The van der Waals surface area contributed by atoms with Crippen LogP contribution < -0.4 is 0 Å². The summed E-state index contributed by atoms with van der Waals surface area (Å²) in [5, 5.41) is 9.97. The molecule has 1 nitrogen and oxygen atoms in total. The molecule has 2 rings (SSSR count). The summed E-state index contributed by atoms with van der Waals surface area (Å²) in [6, 6.07) is 0. The Morgan fingerprint density at radius 2 is 1.25 bits per heavy atom. The maximum absolute atomic E-state index is 9.97. The van der Waals surface area contributed by atoms with E-state index in [1.54, 1.807) is 5.57 Å². The van der Waals surface area contributed by atoms with Crippen LogP contribution in [0.3, 0.4) is 0 Å². The molecule has 16 heavy (non-hydrogen) atoms. The Hall–Kier alpha value is -0.300. The lowest BCUT2D eigenvalue weighted by Gasteiger charge is -2.12. The van der Waals surface area contributed by atoms with Gasteiger partial charge in [0.1, 0.15) is 0 Å². The fourth-order valence-electron chi connectivity index (χ4n) is 3.22. The minimum Gasteiger partial charge on any atom is -0.389 e. The van der Waals surface area contributed by atoms with Crippen molar-refractivity contribution in [3.8, 4) is 0 Å². The third-order valence-electron chi connectivity index (χ3n) is 4.25. The average molecular weight is 222 g/mol. The number of aliphatic hydroxyl groups is 1. The van der Waals surface area contributed by atoms with Crippen LogP contribution in [-0.4, -0.2) is 11.2 Å². The van der Waals surface area contributed by atoms with Gasteiger partial charge in [0.15, 0.2) is 0 Å². The van der Waals surface area contributed by atoms with Crippen molar-refractivity contribution in [1.82, 2.24) is 0 Å². The van der Waals surface area contributed by atoms with Crippen molar-refractivity contribution in [3.63, 3.8) is 0 Å². The van der Waals surface area contributed by atoms with Gasteiger partial charge in [-0.3, -0.25) is 0 Å². The van der Waals surface area contributed by atoms with Crippen LogP contribution in [0.5, 0.6) is 0 Å². The molecule has 92 valence electrons. The van der Waals surface area contributed by atoms with Crippen LogP contribution >= 0.6 is 0 Å². The van der Waals surface area contributed by atoms with Crippen LogP contribution in [0.1, 0.15) is 77.0 Å². The van der Waals surface area contributed by atoms with Crippen molar-refractivity contribution in [2.24, 2.45) is 0 Å². The molecule has 0 aromatic heterocycles. The van der Waals surface area contributed by atoms with E-state index in [-0.39, 0.29) is 6.10 Å². The Morgan fingerprint density at radius 3 is 1.94 bits per heavy atom. The minimum atomic E-state index is -0.0852. The van der Waals surface area contributed by atoms with Crippen LogP contribution in [0, 0.1) is 0 Å². The summed E-state index contributed by atoms with van der Waals surface area (Å²) in [7, 11) is 0. The number of rotatable bonds is 0. The first-order valence-corrected chi connectivity index (χ1v) is 7.27. The topological polar surface area (TPSA) is 20.2 Å². The molecular formula is C15H26O. The van der Waals surface area contributed by atoms with Crippen molar-refractivity contribution in [2.75, 3.05) is 0 Å². The summed E-state index contributed by atoms with van der Waals surface area (Å²) in [6.45, 7) is 0. The molecular weight excluding hydrogens is 196 g/mol. The minimum absolute atomic E-state index is 0.0852. The van der Waals surface area contributed by atoms with Crippen molar-refractivity contribution < 1.29 is 5.11 Å². The van der Waals surface area contributed by atoms with Gasteiger partial charge in [-0.15, -0.1) is 0 Å². The molecule has 0 spiro atoms. The van der Waals surface area contributed by atoms with Crippen molar-refractivity contribution in [1.29, 1.82) is 0 Å². The lowest BCUT2D eigenvalue weighted by molar-refractivity contribution is 0.207. The fraction of sp³-hybridized carbons (Fsp3) is 0.867. The van der Waals surface area contributed by atoms with Gasteiger partial charge in [-0.2, -0.15) is 0 Å². The van der Waals surface area contributed by atoms with E-state index in [9.17, 15) is 5.11 Å². The molecule has 0 radical (unpaired) electrons. The predicted octanol–water partition coefficient (Wildman–Crippen LogP) is 4.35. The monoisotopic (exact) mass is 222 g/mol. The second-order valence-corrected chi connectivity index (χ2v) is 5.51. The Bertz CT molecular complexity index is 242. The lowest BCUT2D eigenvalue weighted by Crippen LogP contribution is -2.05. The summed E-state index contributed by atoms with van der Waals surface area (Å²) >= 11 is 0. The smallest absolute Gasteiger partial charge is 0.0755 e. The summed E-state index contributed by atoms with van der Waals surface area (Å²) in [5.41, 5.74) is 3.05. The van der Waals surface area contributed by atoms with Gasteiger partial charge in [0.2, 0.25) is 0 Å². The van der Waals surface area contributed by atoms with E-state index >= 15 is 0 Å². The third-order valence-corrected chi connectivity index (χ3v) is 4.25. The lowest BCUT2D eigenvalue weighted by atomic mass is 9.96. The van der Waals surface area contributed by atoms with E-state index in [1.165, 1.54) is 76.2 Å². The standard InChI is InChI=1S/C15H26O/c16-15-12-11-13-9-7-5-3-1-2-4-6-8-10-14(13)15/h15-16H,1-12H2. The molecule has 1 heteroatoms. The second kappa shape index (κ2) is 6.44. The molecule has 0 bridgehead atoms. The highest BCUT2D eigenvalue weighted by atomic mass is 16.3. The molecule has 1 N–H and O–H groups in total. The highest BCUT2D eigenvalue weighted by Gasteiger charge is 2.22. The SMILES string of the molecule is OC1CCC2=C1CCCCCCCCCC2. The van der Waals surface area contributed by atoms with Gasteiger partial charge < -0.3 is 5.11 Å². The maximum Gasteiger partial charge on any atom is 0.0755 e. The van der Waals surface area contributed by atoms with Gasteiger partial charge >= 0.3 is 0 Å². The van der Waals surface area contributed by atoms with Crippen molar-refractivity contribution >= 4 is 0 Å². The molecule has 2 aliphatic carbocycles. The molecule has 0 amide bonds. The van der Waals surface area contributed by atoms with Crippen LogP contribution in [0.15, 0.2) is 11.1 Å². The molecule has 0 heterocycles. The molecule has 0 saturated heterocycles. The first kappa shape index (κ1) is 12.2. The van der Waals surface area contributed by atoms with Gasteiger partial charge in [0, 0.05) is 0 Å². The Balaban J connectivity index is 1.93. The largest absolute Gasteiger partial charge is 0.389 e. The molecule has 2 aliphatic rings. The van der Waals surface area contributed by atoms with Crippen LogP contribution in [-0.2, 0) is 0 Å². The Morgan fingerprint density at radius 1 is 0.688 bits per heavy atom. The predicted molar refractivity (Wildman–Crippen MR) is 68.4 cm³/mol. The van der Waals surface area contributed by atoms with Gasteiger partial charge in [-0.25, -0.2) is 0 Å². The van der Waals surface area contributed by atoms with Gasteiger partial charge in [-0.1, -0.05) is 44.1 Å². The molecule has 0 fully saturated rings. The van der Waals surface area contributed by atoms with E-state index in [4.69, 9.17) is 0 Å². The van der Waals surface area contributed by atoms with Gasteiger partial charge in [0.25, 0.3) is 0 Å². The number of hydrogen-bond acceptors (Lipinski definition) is 1. The van der Waals surface area contributed by atoms with E-state index in [1.807, 2.05) is 0 Å². The van der Waals surface area contributed by atoms with Crippen molar-refractivity contribution in [2.45, 2.75) is 83.2 Å². The third kappa shape index (κ3) is 3.35. The molecule has 1 atom stereocenters. The highest BCUT2D eigenvalue weighted by molar-refractivity contribution is 5.24. The van der Waals surface area contributed by atoms with Gasteiger partial charge in [0.05, 0.1) is 6.10 Å². The summed E-state index contributed by atoms with van der Waals surface area (Å²) in [5.74, 6) is 0. The quantitative estimate of drug-likeness (QED) is 0.604. The summed E-state index contributed by atoms with van der Waals surface area (Å²) < 4.78 is 0. The molecule has 0 saturated carbocycles. The zero-order chi connectivity index (χ0) is 11.2. The normalized spacial score (nSPS) is 29.4. The molecule has 0 aromatic carbocycles. The van der Waals surface area contributed by atoms with E-state index < -0.39 is 0 Å². The number of allylic oxidation sites excluding steroid dienone is 1. The Labute approximate surface area is 99.9 Å².